The SMILES string of the molecule is CCCNC(=S)Nc1ccc(C(=O)N(CC)CC)cc1. The van der Waals surface area contributed by atoms with Crippen molar-refractivity contribution in [3.63, 3.8) is 0 Å². The first kappa shape index (κ1) is 16.4. The fraction of sp³-hybridized carbons (Fsp3) is 0.467. The number of rotatable bonds is 6. The average molecular weight is 293 g/mol. The topological polar surface area (TPSA) is 44.4 Å². The highest BCUT2D eigenvalue weighted by molar-refractivity contribution is 7.80. The number of carbonyl (C=O) groups is 1. The van der Waals surface area contributed by atoms with Crippen molar-refractivity contribution in [3.8, 4) is 0 Å². The zero-order valence-corrected chi connectivity index (χ0v) is 13.2. The summed E-state index contributed by atoms with van der Waals surface area (Å²) in [5.41, 5.74) is 1.58. The Morgan fingerprint density at radius 2 is 1.75 bits per heavy atom. The molecule has 1 amide bonds. The second-order valence-corrected chi connectivity index (χ2v) is 4.84. The van der Waals surface area contributed by atoms with E-state index in [-0.39, 0.29) is 5.91 Å². The number of nitrogens with one attached hydrogen (secondary N) is 2. The number of nitrogens with zero attached hydrogens (tertiary/aromatic N) is 1. The zero-order chi connectivity index (χ0) is 15.0. The van der Waals surface area contributed by atoms with Crippen molar-refractivity contribution in [1.29, 1.82) is 0 Å². The fourth-order valence-electron chi connectivity index (χ4n) is 1.80. The number of hydrogen-bond acceptors (Lipinski definition) is 2. The van der Waals surface area contributed by atoms with Gasteiger partial charge in [-0.25, -0.2) is 0 Å². The molecule has 1 aromatic rings. The smallest absolute Gasteiger partial charge is 0.253 e. The minimum absolute atomic E-state index is 0.0632. The van der Waals surface area contributed by atoms with Crippen molar-refractivity contribution >= 4 is 28.9 Å². The molecule has 0 aliphatic rings. The molecule has 0 heterocycles. The van der Waals surface area contributed by atoms with Crippen LogP contribution in [0.1, 0.15) is 37.6 Å². The fourth-order valence-corrected chi connectivity index (χ4v) is 2.02. The van der Waals surface area contributed by atoms with Gasteiger partial charge in [0.1, 0.15) is 0 Å². The third-order valence-corrected chi connectivity index (χ3v) is 3.22. The Morgan fingerprint density at radius 1 is 1.15 bits per heavy atom. The molecule has 0 aliphatic carbocycles. The molecule has 0 saturated carbocycles. The van der Waals surface area contributed by atoms with Gasteiger partial charge in [-0.3, -0.25) is 4.79 Å². The van der Waals surface area contributed by atoms with Crippen molar-refractivity contribution in [2.75, 3.05) is 25.0 Å². The molecule has 0 fully saturated rings. The summed E-state index contributed by atoms with van der Waals surface area (Å²) >= 11 is 5.17. The van der Waals surface area contributed by atoms with Gasteiger partial charge in [-0.2, -0.15) is 0 Å². The Morgan fingerprint density at radius 3 is 2.25 bits per heavy atom. The largest absolute Gasteiger partial charge is 0.362 e. The lowest BCUT2D eigenvalue weighted by Gasteiger charge is -2.18. The first-order valence-electron chi connectivity index (χ1n) is 7.06. The van der Waals surface area contributed by atoms with Crippen LogP contribution >= 0.6 is 12.2 Å². The monoisotopic (exact) mass is 293 g/mol. The molecule has 0 spiro atoms. The Bertz CT molecular complexity index is 441. The lowest BCUT2D eigenvalue weighted by atomic mass is 10.2. The van der Waals surface area contributed by atoms with Crippen LogP contribution in [-0.2, 0) is 0 Å². The molecule has 0 radical (unpaired) electrons. The summed E-state index contributed by atoms with van der Waals surface area (Å²) < 4.78 is 0. The molecule has 20 heavy (non-hydrogen) atoms. The molecule has 5 heteroatoms. The van der Waals surface area contributed by atoms with Crippen molar-refractivity contribution < 1.29 is 4.79 Å². The number of carbonyl (C=O) groups excluding carboxylic acids is 1. The number of amides is 1. The summed E-state index contributed by atoms with van der Waals surface area (Å²) in [7, 11) is 0. The Hall–Kier alpha value is -1.62. The van der Waals surface area contributed by atoms with Gasteiger partial charge in [0.05, 0.1) is 0 Å². The molecule has 1 aromatic carbocycles. The summed E-state index contributed by atoms with van der Waals surface area (Å²) in [4.78, 5) is 14.0. The molecular formula is C15H23N3OS. The highest BCUT2D eigenvalue weighted by Gasteiger charge is 2.11. The van der Waals surface area contributed by atoms with E-state index in [9.17, 15) is 4.79 Å². The van der Waals surface area contributed by atoms with Gasteiger partial charge in [-0.1, -0.05) is 6.92 Å². The standard InChI is InChI=1S/C15H23N3OS/c1-4-11-16-15(20)17-13-9-7-12(8-10-13)14(19)18(5-2)6-3/h7-10H,4-6,11H2,1-3H3,(H2,16,17,20). The molecule has 110 valence electrons. The van der Waals surface area contributed by atoms with Gasteiger partial charge >= 0.3 is 0 Å². The van der Waals surface area contributed by atoms with Gasteiger partial charge in [0.15, 0.2) is 5.11 Å². The Balaban J connectivity index is 2.64. The zero-order valence-electron chi connectivity index (χ0n) is 12.4. The molecule has 0 saturated heterocycles. The molecular weight excluding hydrogens is 270 g/mol. The van der Waals surface area contributed by atoms with Crippen LogP contribution in [0.2, 0.25) is 0 Å². The van der Waals surface area contributed by atoms with Crippen LogP contribution in [0.25, 0.3) is 0 Å². The van der Waals surface area contributed by atoms with Gasteiger partial charge in [0, 0.05) is 30.9 Å². The maximum atomic E-state index is 12.1. The molecule has 0 unspecified atom stereocenters. The second kappa shape index (κ2) is 8.53. The van der Waals surface area contributed by atoms with Crippen LogP contribution in [0.5, 0.6) is 0 Å². The molecule has 0 aliphatic heterocycles. The van der Waals surface area contributed by atoms with E-state index in [1.165, 1.54) is 0 Å². The maximum absolute atomic E-state index is 12.1. The van der Waals surface area contributed by atoms with E-state index in [4.69, 9.17) is 12.2 Å². The van der Waals surface area contributed by atoms with E-state index in [1.807, 2.05) is 38.1 Å². The maximum Gasteiger partial charge on any atom is 0.253 e. The molecule has 0 atom stereocenters. The van der Waals surface area contributed by atoms with Crippen molar-refractivity contribution in [1.82, 2.24) is 10.2 Å². The van der Waals surface area contributed by atoms with E-state index in [0.717, 1.165) is 31.7 Å². The van der Waals surface area contributed by atoms with Crippen molar-refractivity contribution in [2.45, 2.75) is 27.2 Å². The van der Waals surface area contributed by atoms with Crippen LogP contribution in [0.3, 0.4) is 0 Å². The van der Waals surface area contributed by atoms with Crippen molar-refractivity contribution in [2.24, 2.45) is 0 Å². The summed E-state index contributed by atoms with van der Waals surface area (Å²) in [6.45, 7) is 8.35. The first-order chi connectivity index (χ1) is 9.62. The predicted molar refractivity (Wildman–Crippen MR) is 88.2 cm³/mol. The van der Waals surface area contributed by atoms with E-state index in [1.54, 1.807) is 4.90 Å². The molecule has 0 aromatic heterocycles. The first-order valence-corrected chi connectivity index (χ1v) is 7.47. The molecule has 0 bridgehead atoms. The minimum atomic E-state index is 0.0632. The summed E-state index contributed by atoms with van der Waals surface area (Å²) in [6.07, 6.45) is 1.03. The number of thiocarbonyl (C=S) groups is 1. The summed E-state index contributed by atoms with van der Waals surface area (Å²) in [5.74, 6) is 0.0632. The number of benzene rings is 1. The van der Waals surface area contributed by atoms with Gasteiger partial charge in [-0.15, -0.1) is 0 Å². The van der Waals surface area contributed by atoms with E-state index in [0.29, 0.717) is 10.7 Å². The number of anilines is 1. The van der Waals surface area contributed by atoms with E-state index in [2.05, 4.69) is 17.6 Å². The van der Waals surface area contributed by atoms with Crippen LogP contribution in [0.15, 0.2) is 24.3 Å². The highest BCUT2D eigenvalue weighted by Crippen LogP contribution is 2.11. The summed E-state index contributed by atoms with van der Waals surface area (Å²) in [5, 5.41) is 6.80. The second-order valence-electron chi connectivity index (χ2n) is 4.44. The van der Waals surface area contributed by atoms with Crippen LogP contribution in [0, 0.1) is 0 Å². The van der Waals surface area contributed by atoms with E-state index >= 15 is 0 Å². The molecule has 2 N–H and O–H groups in total. The van der Waals surface area contributed by atoms with Gasteiger partial charge in [0.25, 0.3) is 5.91 Å². The van der Waals surface area contributed by atoms with Crippen LogP contribution in [0.4, 0.5) is 5.69 Å². The van der Waals surface area contributed by atoms with Gasteiger partial charge < -0.3 is 15.5 Å². The molecule has 1 rings (SSSR count). The average Bonchev–Trinajstić information content (AvgIpc) is 2.47. The third-order valence-electron chi connectivity index (χ3n) is 2.98. The quantitative estimate of drug-likeness (QED) is 0.792. The van der Waals surface area contributed by atoms with Crippen LogP contribution < -0.4 is 10.6 Å². The highest BCUT2D eigenvalue weighted by atomic mass is 32.1. The van der Waals surface area contributed by atoms with Crippen LogP contribution in [-0.4, -0.2) is 35.6 Å². The lowest BCUT2D eigenvalue weighted by molar-refractivity contribution is 0.0773. The van der Waals surface area contributed by atoms with E-state index < -0.39 is 0 Å². The third kappa shape index (κ3) is 4.81. The lowest BCUT2D eigenvalue weighted by Crippen LogP contribution is -2.30. The number of hydrogen-bond donors (Lipinski definition) is 2. The minimum Gasteiger partial charge on any atom is -0.362 e. The van der Waals surface area contributed by atoms with Crippen molar-refractivity contribution in [3.05, 3.63) is 29.8 Å². The Kier molecular flexibility index (Phi) is 7.01. The Labute approximate surface area is 126 Å². The summed E-state index contributed by atoms with van der Waals surface area (Å²) in [6, 6.07) is 7.39. The predicted octanol–water partition coefficient (Wildman–Crippen LogP) is 2.87. The molecule has 4 nitrogen and oxygen atoms in total. The van der Waals surface area contributed by atoms with Gasteiger partial charge in [0.2, 0.25) is 0 Å². The normalized spacial score (nSPS) is 9.95. The van der Waals surface area contributed by atoms with Gasteiger partial charge in [-0.05, 0) is 56.8 Å².